The summed E-state index contributed by atoms with van der Waals surface area (Å²) in [5.74, 6) is -0.764. The molecule has 0 amide bonds. The number of pyridine rings is 1. The molecule has 1 N–H and O–H groups in total. The van der Waals surface area contributed by atoms with Crippen molar-refractivity contribution in [3.05, 3.63) is 22.8 Å². The van der Waals surface area contributed by atoms with E-state index in [-0.39, 0.29) is 20.3 Å². The molecule has 1 rings (SSSR count). The second-order valence-electron chi connectivity index (χ2n) is 2.00. The van der Waals surface area contributed by atoms with E-state index in [1.165, 1.54) is 0 Å². The van der Waals surface area contributed by atoms with Crippen molar-refractivity contribution in [1.29, 1.82) is 0 Å². The van der Waals surface area contributed by atoms with Gasteiger partial charge in [-0.05, 0) is 0 Å². The molecule has 0 saturated heterocycles. The number of carboxylic acid groups (broad SMARTS) is 1. The Labute approximate surface area is 84.5 Å². The Morgan fingerprint density at radius 3 is 2.92 bits per heavy atom. The number of carboxylic acids is 1. The Kier molecular flexibility index (Phi) is 3.72. The summed E-state index contributed by atoms with van der Waals surface area (Å²) in [6, 6.07) is 3.71. The van der Waals surface area contributed by atoms with Gasteiger partial charge in [0.1, 0.15) is 0 Å². The van der Waals surface area contributed by atoms with Crippen molar-refractivity contribution in [3.8, 4) is 0 Å². The van der Waals surface area contributed by atoms with Gasteiger partial charge in [-0.25, -0.2) is 0 Å². The van der Waals surface area contributed by atoms with Crippen LogP contribution in [0.15, 0.2) is 22.8 Å². The number of carbonyl (C=O) groups is 1. The molecule has 1 heterocycles. The second-order valence-corrected chi connectivity index (χ2v) is 5.00. The minimum absolute atomic E-state index is 0.0491. The van der Waals surface area contributed by atoms with Crippen LogP contribution in [0.4, 0.5) is 0 Å². The van der Waals surface area contributed by atoms with Gasteiger partial charge in [0, 0.05) is 0 Å². The first-order chi connectivity index (χ1) is 5.68. The molecule has 0 radical (unpaired) electrons. The average Bonchev–Trinajstić information content (AvgIpc) is 2.03. The molecule has 1 aromatic rings. The van der Waals surface area contributed by atoms with Gasteiger partial charge >= 0.3 is 84.5 Å². The Hall–Kier alpha value is -0.381. The van der Waals surface area contributed by atoms with Crippen molar-refractivity contribution in [2.24, 2.45) is 0 Å². The van der Waals surface area contributed by atoms with Crippen LogP contribution in [-0.4, -0.2) is 31.0 Å². The molecular weight excluding hydrogens is 289 g/mol. The van der Waals surface area contributed by atoms with E-state index in [2.05, 4.69) is 20.9 Å². The van der Waals surface area contributed by atoms with Crippen LogP contribution in [0.2, 0.25) is 5.32 Å². The first kappa shape index (κ1) is 9.71. The number of rotatable bonds is 3. The number of halogens is 1. The molecule has 0 aliphatic heterocycles. The Morgan fingerprint density at radius 2 is 2.42 bits per heavy atom. The van der Waals surface area contributed by atoms with Crippen LogP contribution in [0.25, 0.3) is 0 Å². The third-order valence-electron chi connectivity index (χ3n) is 1.04. The molecule has 3 nitrogen and oxygen atoms in total. The van der Waals surface area contributed by atoms with E-state index in [0.29, 0.717) is 0 Å². The number of aliphatic carboxylic acids is 1. The van der Waals surface area contributed by atoms with Gasteiger partial charge in [0.05, 0.1) is 0 Å². The summed E-state index contributed by atoms with van der Waals surface area (Å²) in [6.07, 6.45) is 1.68. The topological polar surface area (TPSA) is 50.2 Å². The van der Waals surface area contributed by atoms with Crippen LogP contribution >= 0.6 is 15.9 Å². The second kappa shape index (κ2) is 4.60. The third kappa shape index (κ3) is 3.34. The van der Waals surface area contributed by atoms with E-state index < -0.39 is 5.97 Å². The van der Waals surface area contributed by atoms with Gasteiger partial charge < -0.3 is 0 Å². The molecule has 1 aromatic heterocycles. The van der Waals surface area contributed by atoms with E-state index in [0.717, 1.165) is 9.07 Å². The number of hydrogen-bond donors (Lipinski definition) is 1. The van der Waals surface area contributed by atoms with E-state index >= 15 is 0 Å². The predicted molar refractivity (Wildman–Crippen MR) is 49.8 cm³/mol. The zero-order valence-electron chi connectivity index (χ0n) is 6.03. The molecule has 0 bridgehead atoms. The van der Waals surface area contributed by atoms with Gasteiger partial charge in [0.2, 0.25) is 0 Å². The molecule has 0 unspecified atom stereocenters. The zero-order valence-corrected chi connectivity index (χ0v) is 9.33. The normalized spacial score (nSPS) is 9.75. The van der Waals surface area contributed by atoms with E-state index in [1.807, 2.05) is 12.1 Å². The summed E-state index contributed by atoms with van der Waals surface area (Å²) in [7, 11) is 0. The summed E-state index contributed by atoms with van der Waals surface area (Å²) >= 11 is 3.20. The monoisotopic (exact) mass is 295 g/mol. The SMILES string of the molecule is O=C(O)C[Se]c1ccc(Br)cn1. The minimum atomic E-state index is -0.764. The molecule has 0 aromatic carbocycles. The van der Waals surface area contributed by atoms with Crippen LogP contribution in [-0.2, 0) is 4.79 Å². The molecule has 5 heteroatoms. The van der Waals surface area contributed by atoms with Crippen LogP contribution in [0.5, 0.6) is 0 Å². The standard InChI is InChI=1S/C7H6BrNO2Se/c8-5-1-2-6(9-3-5)12-4-7(10)11/h1-3H,4H2,(H,10,11). The number of nitrogens with zero attached hydrogens (tertiary/aromatic N) is 1. The molecule has 0 fully saturated rings. The maximum atomic E-state index is 10.2. The Bertz CT molecular complexity index is 275. The van der Waals surface area contributed by atoms with Gasteiger partial charge in [-0.2, -0.15) is 0 Å². The van der Waals surface area contributed by atoms with Crippen molar-refractivity contribution in [2.45, 2.75) is 5.32 Å². The molecule has 0 aliphatic rings. The molecule has 12 heavy (non-hydrogen) atoms. The molecule has 64 valence electrons. The van der Waals surface area contributed by atoms with Gasteiger partial charge in [-0.3, -0.25) is 0 Å². The zero-order chi connectivity index (χ0) is 8.97. The third-order valence-corrected chi connectivity index (χ3v) is 3.46. The fourth-order valence-electron chi connectivity index (χ4n) is 0.583. The fraction of sp³-hybridized carbons (Fsp3) is 0.143. The van der Waals surface area contributed by atoms with E-state index in [4.69, 9.17) is 5.11 Å². The van der Waals surface area contributed by atoms with Gasteiger partial charge in [-0.1, -0.05) is 0 Å². The first-order valence-corrected chi connectivity index (χ1v) is 6.01. The molecule has 0 spiro atoms. The first-order valence-electron chi connectivity index (χ1n) is 3.14. The Morgan fingerprint density at radius 1 is 1.67 bits per heavy atom. The predicted octanol–water partition coefficient (Wildman–Crippen LogP) is 0.676. The molecular formula is C7H6BrNO2Se. The van der Waals surface area contributed by atoms with Gasteiger partial charge in [-0.15, -0.1) is 0 Å². The van der Waals surface area contributed by atoms with Crippen LogP contribution in [0.1, 0.15) is 0 Å². The molecule has 0 aliphatic carbocycles. The summed E-state index contributed by atoms with van der Waals surface area (Å²) in [6.45, 7) is 0. The van der Waals surface area contributed by atoms with Crippen molar-refractivity contribution in [3.63, 3.8) is 0 Å². The maximum absolute atomic E-state index is 10.2. The summed E-state index contributed by atoms with van der Waals surface area (Å²) in [4.78, 5) is 14.3. The molecule has 0 atom stereocenters. The summed E-state index contributed by atoms with van der Waals surface area (Å²) in [5.41, 5.74) is 0. The fourth-order valence-corrected chi connectivity index (χ4v) is 2.00. The molecule has 0 saturated carbocycles. The van der Waals surface area contributed by atoms with E-state index in [1.54, 1.807) is 6.20 Å². The van der Waals surface area contributed by atoms with Crippen molar-refractivity contribution in [2.75, 3.05) is 0 Å². The number of aromatic nitrogens is 1. The van der Waals surface area contributed by atoms with Crippen LogP contribution in [0.3, 0.4) is 0 Å². The quantitative estimate of drug-likeness (QED) is 0.834. The average molecular weight is 295 g/mol. The van der Waals surface area contributed by atoms with Crippen LogP contribution < -0.4 is 4.59 Å². The number of hydrogen-bond acceptors (Lipinski definition) is 2. The summed E-state index contributed by atoms with van der Waals surface area (Å²) in [5, 5.41) is 8.60. The van der Waals surface area contributed by atoms with E-state index in [9.17, 15) is 4.79 Å². The van der Waals surface area contributed by atoms with Gasteiger partial charge in [0.15, 0.2) is 0 Å². The van der Waals surface area contributed by atoms with Crippen LogP contribution in [0, 0.1) is 0 Å². The van der Waals surface area contributed by atoms with Crippen molar-refractivity contribution in [1.82, 2.24) is 4.98 Å². The Balaban J connectivity index is 2.53. The van der Waals surface area contributed by atoms with Crippen molar-refractivity contribution < 1.29 is 9.90 Å². The van der Waals surface area contributed by atoms with Gasteiger partial charge in [0.25, 0.3) is 0 Å². The van der Waals surface area contributed by atoms with Crippen molar-refractivity contribution >= 4 is 41.4 Å². The summed E-state index contributed by atoms with van der Waals surface area (Å²) < 4.78 is 1.78.